The number of benzene rings is 1. The lowest BCUT2D eigenvalue weighted by molar-refractivity contribution is -0.274. The van der Waals surface area contributed by atoms with Gasteiger partial charge in [-0.3, -0.25) is 4.79 Å². The zero-order chi connectivity index (χ0) is 13.3. The van der Waals surface area contributed by atoms with Crippen molar-refractivity contribution in [2.75, 3.05) is 0 Å². The Bertz CT molecular complexity index is 420. The molecular formula is C9H4F6O2. The van der Waals surface area contributed by atoms with E-state index in [1.807, 2.05) is 0 Å². The van der Waals surface area contributed by atoms with Gasteiger partial charge in [-0.2, -0.15) is 13.2 Å². The van der Waals surface area contributed by atoms with Crippen LogP contribution in [0.2, 0.25) is 0 Å². The molecule has 0 aliphatic rings. The molecule has 0 bridgehead atoms. The smallest absolute Gasteiger partial charge is 0.405 e. The molecule has 1 rings (SSSR count). The largest absolute Gasteiger partial charge is 0.573 e. The van der Waals surface area contributed by atoms with Crippen molar-refractivity contribution in [3.8, 4) is 5.75 Å². The Morgan fingerprint density at radius 1 is 1.06 bits per heavy atom. The Balaban J connectivity index is 3.29. The van der Waals surface area contributed by atoms with Gasteiger partial charge in [-0.1, -0.05) is 6.07 Å². The first-order valence-corrected chi connectivity index (χ1v) is 4.06. The molecule has 8 heteroatoms. The SMILES string of the molecule is O=Cc1c(OC(F)(F)F)cccc1C(F)(F)F. The van der Waals surface area contributed by atoms with Crippen molar-refractivity contribution < 1.29 is 35.9 Å². The van der Waals surface area contributed by atoms with E-state index in [1.165, 1.54) is 0 Å². The van der Waals surface area contributed by atoms with Crippen LogP contribution in [0.1, 0.15) is 15.9 Å². The highest BCUT2D eigenvalue weighted by Gasteiger charge is 2.37. The molecule has 0 saturated carbocycles. The Morgan fingerprint density at radius 3 is 2.06 bits per heavy atom. The van der Waals surface area contributed by atoms with Gasteiger partial charge in [0, 0.05) is 0 Å². The first kappa shape index (κ1) is 13.3. The van der Waals surface area contributed by atoms with Crippen molar-refractivity contribution in [1.29, 1.82) is 0 Å². The van der Waals surface area contributed by atoms with Gasteiger partial charge in [0.15, 0.2) is 6.29 Å². The van der Waals surface area contributed by atoms with E-state index in [2.05, 4.69) is 4.74 Å². The predicted molar refractivity (Wildman–Crippen MR) is 43.5 cm³/mol. The minimum absolute atomic E-state index is 0.329. The van der Waals surface area contributed by atoms with Crippen LogP contribution in [0.5, 0.6) is 5.75 Å². The third-order valence-electron chi connectivity index (χ3n) is 1.72. The minimum Gasteiger partial charge on any atom is -0.405 e. The van der Waals surface area contributed by atoms with Crippen LogP contribution in [0.25, 0.3) is 0 Å². The summed E-state index contributed by atoms with van der Waals surface area (Å²) in [5.74, 6) is -1.18. The van der Waals surface area contributed by atoms with Crippen molar-refractivity contribution in [1.82, 2.24) is 0 Å². The molecule has 0 fully saturated rings. The maximum Gasteiger partial charge on any atom is 0.573 e. The minimum atomic E-state index is -5.16. The van der Waals surface area contributed by atoms with Crippen molar-refractivity contribution in [3.05, 3.63) is 29.3 Å². The molecule has 0 amide bonds. The summed E-state index contributed by atoms with van der Waals surface area (Å²) in [5, 5.41) is 0. The lowest BCUT2D eigenvalue weighted by Gasteiger charge is -2.14. The number of aldehydes is 1. The number of rotatable bonds is 2. The summed E-state index contributed by atoms with van der Waals surface area (Å²) in [7, 11) is 0. The second kappa shape index (κ2) is 4.27. The predicted octanol–water partition coefficient (Wildman–Crippen LogP) is 3.42. The number of carbonyl (C=O) groups is 1. The molecule has 2 nitrogen and oxygen atoms in total. The molecule has 0 saturated heterocycles. The molecule has 0 aliphatic heterocycles. The Labute approximate surface area is 90.8 Å². The van der Waals surface area contributed by atoms with Gasteiger partial charge in [0.25, 0.3) is 0 Å². The standard InChI is InChI=1S/C9H4F6O2/c10-8(11,12)6-2-1-3-7(5(6)4-16)17-9(13,14)15/h1-4H. The molecule has 94 valence electrons. The summed E-state index contributed by atoms with van der Waals surface area (Å²) in [6.45, 7) is 0. The van der Waals surface area contributed by atoms with Crippen LogP contribution in [-0.4, -0.2) is 12.6 Å². The molecule has 0 heterocycles. The third-order valence-corrected chi connectivity index (χ3v) is 1.72. The average molecular weight is 258 g/mol. The van der Waals surface area contributed by atoms with Crippen LogP contribution in [0, 0.1) is 0 Å². The highest BCUT2D eigenvalue weighted by molar-refractivity contribution is 5.82. The summed E-state index contributed by atoms with van der Waals surface area (Å²) in [4.78, 5) is 10.4. The third kappa shape index (κ3) is 3.36. The monoisotopic (exact) mass is 258 g/mol. The van der Waals surface area contributed by atoms with Crippen LogP contribution in [0.15, 0.2) is 18.2 Å². The van der Waals surface area contributed by atoms with E-state index in [9.17, 15) is 31.1 Å². The van der Waals surface area contributed by atoms with E-state index in [0.717, 1.165) is 6.07 Å². The van der Waals surface area contributed by atoms with Gasteiger partial charge in [0.1, 0.15) is 5.75 Å². The Kier molecular flexibility index (Phi) is 3.35. The van der Waals surface area contributed by atoms with Gasteiger partial charge in [0.05, 0.1) is 11.1 Å². The molecule has 17 heavy (non-hydrogen) atoms. The van der Waals surface area contributed by atoms with E-state index < -0.39 is 29.4 Å². The van der Waals surface area contributed by atoms with Gasteiger partial charge in [-0.25, -0.2) is 0 Å². The highest BCUT2D eigenvalue weighted by atomic mass is 19.4. The fourth-order valence-electron chi connectivity index (χ4n) is 1.13. The summed E-state index contributed by atoms with van der Waals surface area (Å²) in [6.07, 6.45) is -10.4. The van der Waals surface area contributed by atoms with Crippen LogP contribution in [-0.2, 0) is 6.18 Å². The highest BCUT2D eigenvalue weighted by Crippen LogP contribution is 2.36. The van der Waals surface area contributed by atoms with Crippen molar-refractivity contribution >= 4 is 6.29 Å². The maximum absolute atomic E-state index is 12.4. The number of hydrogen-bond acceptors (Lipinski definition) is 2. The van der Waals surface area contributed by atoms with E-state index in [4.69, 9.17) is 0 Å². The molecule has 0 spiro atoms. The first-order chi connectivity index (χ1) is 7.65. The molecule has 1 aromatic rings. The van der Waals surface area contributed by atoms with Gasteiger partial charge in [-0.15, -0.1) is 13.2 Å². The topological polar surface area (TPSA) is 26.3 Å². The molecule has 0 atom stereocenters. The van der Waals surface area contributed by atoms with Crippen LogP contribution < -0.4 is 4.74 Å². The Morgan fingerprint density at radius 2 is 1.65 bits per heavy atom. The quantitative estimate of drug-likeness (QED) is 0.600. The Hall–Kier alpha value is -1.73. The van der Waals surface area contributed by atoms with E-state index in [0.29, 0.717) is 12.1 Å². The van der Waals surface area contributed by atoms with Gasteiger partial charge in [0.2, 0.25) is 0 Å². The molecular weight excluding hydrogens is 254 g/mol. The van der Waals surface area contributed by atoms with Crippen LogP contribution >= 0.6 is 0 Å². The number of halogens is 6. The van der Waals surface area contributed by atoms with Crippen LogP contribution in [0.4, 0.5) is 26.3 Å². The van der Waals surface area contributed by atoms with Gasteiger partial charge in [-0.05, 0) is 12.1 Å². The molecule has 1 aromatic carbocycles. The zero-order valence-electron chi connectivity index (χ0n) is 7.89. The van der Waals surface area contributed by atoms with E-state index in [-0.39, 0.29) is 6.29 Å². The number of carbonyl (C=O) groups excluding carboxylic acids is 1. The fraction of sp³-hybridized carbons (Fsp3) is 0.222. The zero-order valence-corrected chi connectivity index (χ0v) is 7.89. The summed E-state index contributed by atoms with van der Waals surface area (Å²) < 4.78 is 76.0. The fourth-order valence-corrected chi connectivity index (χ4v) is 1.13. The molecule has 0 aliphatic carbocycles. The molecule has 0 unspecified atom stereocenters. The van der Waals surface area contributed by atoms with Gasteiger partial charge >= 0.3 is 12.5 Å². The van der Waals surface area contributed by atoms with E-state index in [1.54, 1.807) is 0 Å². The maximum atomic E-state index is 12.4. The summed E-state index contributed by atoms with van der Waals surface area (Å²) in [6, 6.07) is 1.84. The number of ether oxygens (including phenoxy) is 1. The van der Waals surface area contributed by atoms with Crippen molar-refractivity contribution in [3.63, 3.8) is 0 Å². The summed E-state index contributed by atoms with van der Waals surface area (Å²) >= 11 is 0. The molecule has 0 aromatic heterocycles. The number of alkyl halides is 6. The second-order valence-corrected chi connectivity index (χ2v) is 2.88. The number of hydrogen-bond donors (Lipinski definition) is 0. The van der Waals surface area contributed by atoms with Crippen LogP contribution in [0.3, 0.4) is 0 Å². The van der Waals surface area contributed by atoms with Gasteiger partial charge < -0.3 is 4.74 Å². The normalized spacial score (nSPS) is 12.4. The van der Waals surface area contributed by atoms with Crippen molar-refractivity contribution in [2.45, 2.75) is 12.5 Å². The summed E-state index contributed by atoms with van der Waals surface area (Å²) in [5.41, 5.74) is -2.66. The van der Waals surface area contributed by atoms with E-state index >= 15 is 0 Å². The lowest BCUT2D eigenvalue weighted by Crippen LogP contribution is -2.19. The second-order valence-electron chi connectivity index (χ2n) is 2.88. The molecule has 0 N–H and O–H groups in total. The first-order valence-electron chi connectivity index (χ1n) is 4.06. The molecule has 0 radical (unpaired) electrons. The van der Waals surface area contributed by atoms with Crippen molar-refractivity contribution in [2.24, 2.45) is 0 Å². The average Bonchev–Trinajstić information content (AvgIpc) is 2.13. The lowest BCUT2D eigenvalue weighted by atomic mass is 10.1.